The van der Waals surface area contributed by atoms with E-state index in [1.54, 1.807) is 4.90 Å². The third-order valence-electron chi connectivity index (χ3n) is 5.98. The SMILES string of the molecule is O=C(O)CCN1C(=O)C(NC(CCc2ccccc2)C(=O)O)CCCC2CC=CC=C21. The number of likely N-dealkylation sites (tertiary alicyclic amines) is 1. The van der Waals surface area contributed by atoms with Gasteiger partial charge in [-0.25, -0.2) is 0 Å². The molecule has 3 rings (SSSR count). The number of nitrogens with one attached hydrogen (secondary N) is 1. The third kappa shape index (κ3) is 6.28. The molecule has 2 aliphatic rings. The summed E-state index contributed by atoms with van der Waals surface area (Å²) in [6.45, 7) is 0.0876. The maximum Gasteiger partial charge on any atom is 0.320 e. The van der Waals surface area contributed by atoms with Gasteiger partial charge in [0.15, 0.2) is 0 Å². The number of amides is 1. The molecule has 0 spiro atoms. The summed E-state index contributed by atoms with van der Waals surface area (Å²) in [6, 6.07) is 8.15. The van der Waals surface area contributed by atoms with E-state index in [1.807, 2.05) is 42.5 Å². The molecular weight excluding hydrogens is 396 g/mol. The van der Waals surface area contributed by atoms with Gasteiger partial charge < -0.3 is 15.1 Å². The molecule has 3 unspecified atom stereocenters. The van der Waals surface area contributed by atoms with Crippen LogP contribution in [0.5, 0.6) is 0 Å². The summed E-state index contributed by atoms with van der Waals surface area (Å²) in [6.07, 6.45) is 9.71. The Labute approximate surface area is 182 Å². The van der Waals surface area contributed by atoms with E-state index in [0.29, 0.717) is 19.3 Å². The number of aryl methyl sites for hydroxylation is 1. The molecule has 3 atom stereocenters. The van der Waals surface area contributed by atoms with Gasteiger partial charge in [0.1, 0.15) is 6.04 Å². The van der Waals surface area contributed by atoms with E-state index in [-0.39, 0.29) is 24.8 Å². The first kappa shape index (κ1) is 22.7. The Bertz CT molecular complexity index is 849. The van der Waals surface area contributed by atoms with Gasteiger partial charge in [0, 0.05) is 18.2 Å². The van der Waals surface area contributed by atoms with Crippen LogP contribution < -0.4 is 5.32 Å². The number of carbonyl (C=O) groups excluding carboxylic acids is 1. The molecule has 1 aromatic carbocycles. The van der Waals surface area contributed by atoms with E-state index < -0.39 is 24.0 Å². The second-order valence-electron chi connectivity index (χ2n) is 8.15. The second kappa shape index (κ2) is 10.9. The lowest BCUT2D eigenvalue weighted by Gasteiger charge is -2.37. The molecule has 0 saturated carbocycles. The maximum absolute atomic E-state index is 13.4. The number of benzene rings is 1. The van der Waals surface area contributed by atoms with Gasteiger partial charge in [-0.05, 0) is 43.7 Å². The van der Waals surface area contributed by atoms with Crippen molar-refractivity contribution >= 4 is 17.8 Å². The summed E-state index contributed by atoms with van der Waals surface area (Å²) < 4.78 is 0. The summed E-state index contributed by atoms with van der Waals surface area (Å²) in [5.74, 6) is -2.00. The van der Waals surface area contributed by atoms with E-state index in [2.05, 4.69) is 11.4 Å². The van der Waals surface area contributed by atoms with Gasteiger partial charge in [-0.1, -0.05) is 48.9 Å². The van der Waals surface area contributed by atoms with Gasteiger partial charge in [-0.15, -0.1) is 0 Å². The van der Waals surface area contributed by atoms with Crippen LogP contribution in [0.1, 0.15) is 44.1 Å². The number of hydrogen-bond donors (Lipinski definition) is 3. The molecule has 31 heavy (non-hydrogen) atoms. The highest BCUT2D eigenvalue weighted by atomic mass is 16.4. The standard InChI is InChI=1S/C24H30N2O5/c27-22(28)15-16-26-21-12-5-4-9-18(21)10-6-11-19(23(26)29)25-20(24(30)31)14-13-17-7-2-1-3-8-17/h1-5,7-8,12,18-20,25H,6,9-11,13-16H2,(H,27,28)(H,30,31). The smallest absolute Gasteiger partial charge is 0.320 e. The molecule has 0 aromatic heterocycles. The van der Waals surface area contributed by atoms with Crippen molar-refractivity contribution in [2.24, 2.45) is 5.92 Å². The number of allylic oxidation sites excluding steroid dienone is 4. The van der Waals surface area contributed by atoms with Crippen LogP contribution >= 0.6 is 0 Å². The average Bonchev–Trinajstić information content (AvgIpc) is 2.75. The van der Waals surface area contributed by atoms with E-state index in [9.17, 15) is 19.5 Å². The van der Waals surface area contributed by atoms with Gasteiger partial charge >= 0.3 is 11.9 Å². The van der Waals surface area contributed by atoms with Crippen molar-refractivity contribution in [2.75, 3.05) is 6.54 Å². The highest BCUT2D eigenvalue weighted by Gasteiger charge is 2.35. The van der Waals surface area contributed by atoms with Crippen molar-refractivity contribution in [3.05, 3.63) is 59.8 Å². The Morgan fingerprint density at radius 2 is 1.94 bits per heavy atom. The number of rotatable bonds is 9. The van der Waals surface area contributed by atoms with Gasteiger partial charge in [0.05, 0.1) is 12.5 Å². The Kier molecular flexibility index (Phi) is 8.00. The van der Waals surface area contributed by atoms with E-state index in [1.165, 1.54) is 0 Å². The van der Waals surface area contributed by atoms with Gasteiger partial charge in [-0.3, -0.25) is 19.7 Å². The molecule has 1 fully saturated rings. The predicted octanol–water partition coefficient (Wildman–Crippen LogP) is 2.98. The van der Waals surface area contributed by atoms with Crippen molar-refractivity contribution < 1.29 is 24.6 Å². The van der Waals surface area contributed by atoms with E-state index in [4.69, 9.17) is 5.11 Å². The van der Waals surface area contributed by atoms with Crippen LogP contribution in [0.15, 0.2) is 54.3 Å². The summed E-state index contributed by atoms with van der Waals surface area (Å²) in [7, 11) is 0. The van der Waals surface area contributed by atoms with Crippen LogP contribution in [0.25, 0.3) is 0 Å². The molecule has 1 heterocycles. The molecule has 1 aromatic rings. The summed E-state index contributed by atoms with van der Waals surface area (Å²) in [5, 5.41) is 22.0. The zero-order valence-corrected chi connectivity index (χ0v) is 17.6. The Balaban J connectivity index is 1.75. The lowest BCUT2D eigenvalue weighted by atomic mass is 9.87. The molecule has 7 heteroatoms. The minimum Gasteiger partial charge on any atom is -0.481 e. The summed E-state index contributed by atoms with van der Waals surface area (Å²) in [4.78, 5) is 38.0. The maximum atomic E-state index is 13.4. The van der Waals surface area contributed by atoms with Crippen LogP contribution in [0.3, 0.4) is 0 Å². The monoisotopic (exact) mass is 426 g/mol. The number of carboxylic acid groups (broad SMARTS) is 2. The van der Waals surface area contributed by atoms with Crippen LogP contribution in [-0.2, 0) is 20.8 Å². The van der Waals surface area contributed by atoms with E-state index >= 15 is 0 Å². The minimum atomic E-state index is -0.986. The van der Waals surface area contributed by atoms with Gasteiger partial charge in [-0.2, -0.15) is 0 Å². The quantitative estimate of drug-likeness (QED) is 0.560. The van der Waals surface area contributed by atoms with Crippen LogP contribution in [0.2, 0.25) is 0 Å². The molecule has 1 aliphatic heterocycles. The van der Waals surface area contributed by atoms with Crippen molar-refractivity contribution in [1.29, 1.82) is 0 Å². The van der Waals surface area contributed by atoms with Crippen molar-refractivity contribution in [1.82, 2.24) is 10.2 Å². The fourth-order valence-electron chi connectivity index (χ4n) is 4.33. The highest BCUT2D eigenvalue weighted by Crippen LogP contribution is 2.32. The van der Waals surface area contributed by atoms with Gasteiger partial charge in [0.25, 0.3) is 0 Å². The number of carboxylic acids is 2. The van der Waals surface area contributed by atoms with Gasteiger partial charge in [0.2, 0.25) is 5.91 Å². The summed E-state index contributed by atoms with van der Waals surface area (Å²) >= 11 is 0. The van der Waals surface area contributed by atoms with Crippen molar-refractivity contribution in [3.63, 3.8) is 0 Å². The molecule has 0 radical (unpaired) electrons. The lowest BCUT2D eigenvalue weighted by Crippen LogP contribution is -2.53. The zero-order valence-electron chi connectivity index (χ0n) is 17.6. The largest absolute Gasteiger partial charge is 0.481 e. The molecular formula is C24H30N2O5. The fourth-order valence-corrected chi connectivity index (χ4v) is 4.33. The number of fused-ring (bicyclic) bond motifs is 1. The molecule has 0 bridgehead atoms. The Morgan fingerprint density at radius 1 is 1.16 bits per heavy atom. The second-order valence-corrected chi connectivity index (χ2v) is 8.15. The first-order chi connectivity index (χ1) is 15.0. The fraction of sp³-hybridized carbons (Fsp3) is 0.458. The number of aliphatic carboxylic acids is 2. The Hall–Kier alpha value is -2.93. The normalized spacial score (nSPS) is 22.1. The Morgan fingerprint density at radius 3 is 2.65 bits per heavy atom. The third-order valence-corrected chi connectivity index (χ3v) is 5.98. The molecule has 1 aliphatic carbocycles. The first-order valence-electron chi connectivity index (χ1n) is 10.9. The molecule has 166 valence electrons. The highest BCUT2D eigenvalue weighted by molar-refractivity contribution is 5.85. The number of carbonyl (C=O) groups is 3. The lowest BCUT2D eigenvalue weighted by molar-refractivity contribution is -0.140. The molecule has 3 N–H and O–H groups in total. The van der Waals surface area contributed by atoms with Crippen LogP contribution in [0, 0.1) is 5.92 Å². The van der Waals surface area contributed by atoms with Crippen molar-refractivity contribution in [2.45, 2.75) is 57.0 Å². The first-order valence-corrected chi connectivity index (χ1v) is 10.9. The van der Waals surface area contributed by atoms with Crippen molar-refractivity contribution in [3.8, 4) is 0 Å². The molecule has 1 amide bonds. The molecule has 1 saturated heterocycles. The van der Waals surface area contributed by atoms with Crippen LogP contribution in [0.4, 0.5) is 0 Å². The number of hydrogen-bond acceptors (Lipinski definition) is 4. The summed E-state index contributed by atoms with van der Waals surface area (Å²) in [5.41, 5.74) is 1.89. The van der Waals surface area contributed by atoms with Crippen LogP contribution in [-0.4, -0.2) is 51.6 Å². The predicted molar refractivity (Wildman–Crippen MR) is 116 cm³/mol. The van der Waals surface area contributed by atoms with E-state index in [0.717, 1.165) is 30.5 Å². The molecule has 7 nitrogen and oxygen atoms in total. The number of nitrogens with zero attached hydrogens (tertiary/aromatic N) is 1. The average molecular weight is 427 g/mol. The zero-order chi connectivity index (χ0) is 22.2. The minimum absolute atomic E-state index is 0.0876. The topological polar surface area (TPSA) is 107 Å².